The monoisotopic (exact) mass is 449 g/mol. The molecular formula is C25H27N3O5. The molecule has 2 aliphatic heterocycles. The lowest BCUT2D eigenvalue weighted by molar-refractivity contribution is 0.0475. The molecule has 33 heavy (non-hydrogen) atoms. The first-order chi connectivity index (χ1) is 15.8. The van der Waals surface area contributed by atoms with Crippen molar-refractivity contribution in [3.63, 3.8) is 0 Å². The predicted octanol–water partition coefficient (Wildman–Crippen LogP) is 3.10. The molecule has 0 bridgehead atoms. The maximum atomic E-state index is 12.8. The van der Waals surface area contributed by atoms with Gasteiger partial charge in [0.05, 0.1) is 23.8 Å². The molecule has 2 aromatic carbocycles. The molecule has 1 fully saturated rings. The molecule has 1 atom stereocenters. The van der Waals surface area contributed by atoms with Crippen molar-refractivity contribution in [3.8, 4) is 0 Å². The van der Waals surface area contributed by atoms with Crippen LogP contribution in [0.1, 0.15) is 68.1 Å². The molecule has 0 aromatic heterocycles. The van der Waals surface area contributed by atoms with Gasteiger partial charge in [0.2, 0.25) is 0 Å². The van der Waals surface area contributed by atoms with E-state index in [1.54, 1.807) is 24.3 Å². The Morgan fingerprint density at radius 1 is 1.03 bits per heavy atom. The van der Waals surface area contributed by atoms with Crippen molar-refractivity contribution >= 4 is 29.3 Å². The van der Waals surface area contributed by atoms with E-state index in [-0.39, 0.29) is 35.6 Å². The summed E-state index contributed by atoms with van der Waals surface area (Å²) in [4.78, 5) is 51.8. The Morgan fingerprint density at radius 2 is 1.79 bits per heavy atom. The summed E-state index contributed by atoms with van der Waals surface area (Å²) in [5, 5.41) is 5.60. The van der Waals surface area contributed by atoms with Gasteiger partial charge < -0.3 is 15.4 Å². The largest absolute Gasteiger partial charge is 0.376 e. The van der Waals surface area contributed by atoms with Crippen LogP contribution < -0.4 is 10.6 Å². The average Bonchev–Trinajstić information content (AvgIpc) is 3.40. The molecule has 0 radical (unpaired) electrons. The number of hydrogen-bond donors (Lipinski definition) is 2. The third-order valence-corrected chi connectivity index (χ3v) is 5.70. The van der Waals surface area contributed by atoms with E-state index in [0.29, 0.717) is 35.9 Å². The summed E-state index contributed by atoms with van der Waals surface area (Å²) in [6.45, 7) is 5.43. The Morgan fingerprint density at radius 3 is 2.52 bits per heavy atom. The molecule has 0 aliphatic carbocycles. The Labute approximate surface area is 192 Å². The van der Waals surface area contributed by atoms with Gasteiger partial charge in [0.25, 0.3) is 23.6 Å². The van der Waals surface area contributed by atoms with Crippen molar-refractivity contribution in [2.45, 2.75) is 32.8 Å². The number of carbonyl (C=O) groups excluding carboxylic acids is 4. The molecule has 2 aromatic rings. The lowest BCUT2D eigenvalue weighted by Crippen LogP contribution is -2.36. The Bertz CT molecular complexity index is 1100. The van der Waals surface area contributed by atoms with Crippen molar-refractivity contribution in [1.82, 2.24) is 10.2 Å². The smallest absolute Gasteiger partial charge is 0.261 e. The second kappa shape index (κ2) is 9.54. The number of carbonyl (C=O) groups is 4. The standard InChI is InChI=1S/C25H27N3O5/c1-15(2)13-26-22(29)16-5-3-6-18(11-16)27-23(30)17-8-9-20-21(12-17)25(32)28(24(20)31)14-19-7-4-10-33-19/h3,5-6,8-9,11-12,15,19H,4,7,10,13-14H2,1-2H3,(H,26,29)(H,27,30). The Hall–Kier alpha value is -3.52. The normalized spacial score (nSPS) is 17.4. The van der Waals surface area contributed by atoms with Crippen molar-refractivity contribution < 1.29 is 23.9 Å². The highest BCUT2D eigenvalue weighted by molar-refractivity contribution is 6.22. The van der Waals surface area contributed by atoms with E-state index in [2.05, 4.69) is 10.6 Å². The number of ether oxygens (including phenoxy) is 1. The van der Waals surface area contributed by atoms with Crippen LogP contribution in [0.5, 0.6) is 0 Å². The highest BCUT2D eigenvalue weighted by atomic mass is 16.5. The summed E-state index contributed by atoms with van der Waals surface area (Å²) >= 11 is 0. The van der Waals surface area contributed by atoms with E-state index >= 15 is 0 Å². The molecule has 8 nitrogen and oxygen atoms in total. The summed E-state index contributed by atoms with van der Waals surface area (Å²) in [6, 6.07) is 11.1. The zero-order chi connectivity index (χ0) is 23.5. The SMILES string of the molecule is CC(C)CNC(=O)c1cccc(NC(=O)c2ccc3c(c2)C(=O)N(CC2CCCO2)C3=O)c1. The van der Waals surface area contributed by atoms with Gasteiger partial charge in [0.15, 0.2) is 0 Å². The van der Waals surface area contributed by atoms with Gasteiger partial charge in [-0.2, -0.15) is 0 Å². The first kappa shape index (κ1) is 22.7. The summed E-state index contributed by atoms with van der Waals surface area (Å²) < 4.78 is 5.55. The molecule has 4 rings (SSSR count). The molecule has 8 heteroatoms. The van der Waals surface area contributed by atoms with Crippen LogP contribution >= 0.6 is 0 Å². The van der Waals surface area contributed by atoms with Crippen molar-refractivity contribution in [3.05, 3.63) is 64.7 Å². The maximum Gasteiger partial charge on any atom is 0.261 e. The average molecular weight is 450 g/mol. The van der Waals surface area contributed by atoms with Crippen molar-refractivity contribution in [1.29, 1.82) is 0 Å². The van der Waals surface area contributed by atoms with Gasteiger partial charge >= 0.3 is 0 Å². The fourth-order valence-corrected chi connectivity index (χ4v) is 3.93. The summed E-state index contributed by atoms with van der Waals surface area (Å²) in [5.41, 5.74) is 1.66. The molecule has 1 saturated heterocycles. The summed E-state index contributed by atoms with van der Waals surface area (Å²) in [5.74, 6) is -1.10. The Balaban J connectivity index is 1.46. The third-order valence-electron chi connectivity index (χ3n) is 5.70. The number of amides is 4. The van der Waals surface area contributed by atoms with Crippen LogP contribution in [0, 0.1) is 5.92 Å². The molecule has 172 valence electrons. The molecule has 1 unspecified atom stereocenters. The highest BCUT2D eigenvalue weighted by Crippen LogP contribution is 2.26. The van der Waals surface area contributed by atoms with E-state index in [1.807, 2.05) is 13.8 Å². The minimum absolute atomic E-state index is 0.139. The number of rotatable bonds is 7. The zero-order valence-corrected chi connectivity index (χ0v) is 18.7. The number of nitrogens with zero attached hydrogens (tertiary/aromatic N) is 1. The van der Waals surface area contributed by atoms with Crippen LogP contribution in [0.4, 0.5) is 5.69 Å². The lowest BCUT2D eigenvalue weighted by Gasteiger charge is -2.17. The van der Waals surface area contributed by atoms with Gasteiger partial charge in [-0.05, 0) is 55.2 Å². The van der Waals surface area contributed by atoms with E-state index < -0.39 is 11.8 Å². The molecular weight excluding hydrogens is 422 g/mol. The van der Waals surface area contributed by atoms with Crippen LogP contribution in [0.3, 0.4) is 0 Å². The van der Waals surface area contributed by atoms with Gasteiger partial charge in [-0.1, -0.05) is 19.9 Å². The van der Waals surface area contributed by atoms with Crippen molar-refractivity contribution in [2.24, 2.45) is 5.92 Å². The lowest BCUT2D eigenvalue weighted by atomic mass is 10.1. The first-order valence-corrected chi connectivity index (χ1v) is 11.1. The molecule has 0 saturated carbocycles. The molecule has 4 amide bonds. The van der Waals surface area contributed by atoms with Crippen LogP contribution in [-0.4, -0.2) is 54.3 Å². The number of fused-ring (bicyclic) bond motifs is 1. The van der Waals surface area contributed by atoms with Crippen molar-refractivity contribution in [2.75, 3.05) is 25.0 Å². The zero-order valence-electron chi connectivity index (χ0n) is 18.7. The maximum absolute atomic E-state index is 12.8. The fraction of sp³-hybridized carbons (Fsp3) is 0.360. The van der Waals surface area contributed by atoms with Gasteiger partial charge in [0.1, 0.15) is 0 Å². The van der Waals surface area contributed by atoms with Gasteiger partial charge in [-0.3, -0.25) is 24.1 Å². The number of benzene rings is 2. The van der Waals surface area contributed by atoms with Crippen LogP contribution in [0.2, 0.25) is 0 Å². The molecule has 2 heterocycles. The van der Waals surface area contributed by atoms with E-state index in [0.717, 1.165) is 12.8 Å². The third kappa shape index (κ3) is 4.96. The molecule has 2 N–H and O–H groups in total. The second-order valence-electron chi connectivity index (χ2n) is 8.76. The minimum atomic E-state index is -0.435. The summed E-state index contributed by atoms with van der Waals surface area (Å²) in [6.07, 6.45) is 1.59. The van der Waals surface area contributed by atoms with Gasteiger partial charge in [-0.15, -0.1) is 0 Å². The van der Waals surface area contributed by atoms with Crippen LogP contribution in [0.15, 0.2) is 42.5 Å². The molecule has 2 aliphatic rings. The predicted molar refractivity (Wildman–Crippen MR) is 122 cm³/mol. The fourth-order valence-electron chi connectivity index (χ4n) is 3.93. The van der Waals surface area contributed by atoms with E-state index in [9.17, 15) is 19.2 Å². The quantitative estimate of drug-likeness (QED) is 0.632. The molecule has 0 spiro atoms. The van der Waals surface area contributed by atoms with Crippen LogP contribution in [0.25, 0.3) is 0 Å². The minimum Gasteiger partial charge on any atom is -0.376 e. The Kier molecular flexibility index (Phi) is 6.55. The number of imide groups is 1. The van der Waals surface area contributed by atoms with E-state index in [4.69, 9.17) is 4.74 Å². The van der Waals surface area contributed by atoms with E-state index in [1.165, 1.54) is 23.1 Å². The second-order valence-corrected chi connectivity index (χ2v) is 8.76. The van der Waals surface area contributed by atoms with Gasteiger partial charge in [0, 0.05) is 30.0 Å². The van der Waals surface area contributed by atoms with Gasteiger partial charge in [-0.25, -0.2) is 0 Å². The number of anilines is 1. The van der Waals surface area contributed by atoms with Crippen LogP contribution in [-0.2, 0) is 4.74 Å². The number of nitrogens with one attached hydrogen (secondary N) is 2. The number of hydrogen-bond acceptors (Lipinski definition) is 5. The first-order valence-electron chi connectivity index (χ1n) is 11.1. The summed E-state index contributed by atoms with van der Waals surface area (Å²) in [7, 11) is 0. The highest BCUT2D eigenvalue weighted by Gasteiger charge is 2.38. The topological polar surface area (TPSA) is 105 Å².